The lowest BCUT2D eigenvalue weighted by atomic mass is 9.72. The molecule has 0 aliphatic heterocycles. The van der Waals surface area contributed by atoms with Crippen LogP contribution in [-0.4, -0.2) is 0 Å². The van der Waals surface area contributed by atoms with Gasteiger partial charge in [0.25, 0.3) is 0 Å². The summed E-state index contributed by atoms with van der Waals surface area (Å²) in [5, 5.41) is 13.6. The van der Waals surface area contributed by atoms with Gasteiger partial charge in [0.2, 0.25) is 0 Å². The van der Waals surface area contributed by atoms with E-state index in [2.05, 4.69) is 234 Å². The van der Waals surface area contributed by atoms with Gasteiger partial charge in [-0.15, -0.1) is 0 Å². The fourth-order valence-electron chi connectivity index (χ4n) is 12.4. The third-order valence-corrected chi connectivity index (χ3v) is 15.6. The molecule has 0 aromatic heterocycles. The van der Waals surface area contributed by atoms with Crippen molar-refractivity contribution in [3.05, 3.63) is 251 Å². The van der Waals surface area contributed by atoms with Crippen molar-refractivity contribution in [1.29, 1.82) is 0 Å². The molecule has 0 bridgehead atoms. The maximum atomic E-state index is 2.68. The van der Waals surface area contributed by atoms with Crippen LogP contribution in [0.2, 0.25) is 0 Å². The molecule has 11 aromatic rings. The van der Waals surface area contributed by atoms with Gasteiger partial charge < -0.3 is 0 Å². The maximum Gasteiger partial charge on any atom is -0.00103 e. The maximum absolute atomic E-state index is 2.68. The van der Waals surface area contributed by atoms with Crippen LogP contribution in [0, 0.1) is 0 Å². The first-order valence-corrected chi connectivity index (χ1v) is 26.1. The van der Waals surface area contributed by atoms with Crippen molar-refractivity contribution in [2.75, 3.05) is 0 Å². The molecule has 0 fully saturated rings. The minimum atomic E-state index is 0.258. The number of rotatable bonds is 15. The van der Waals surface area contributed by atoms with E-state index in [-0.39, 0.29) is 5.92 Å². The highest BCUT2D eigenvalue weighted by Gasteiger charge is 2.30. The highest BCUT2D eigenvalue weighted by molar-refractivity contribution is 6.07. The molecule has 0 saturated heterocycles. The van der Waals surface area contributed by atoms with Gasteiger partial charge in [-0.25, -0.2) is 0 Å². The number of aryl methyl sites for hydroxylation is 3. The van der Waals surface area contributed by atoms with Gasteiger partial charge in [0.05, 0.1) is 0 Å². The van der Waals surface area contributed by atoms with Crippen molar-refractivity contribution in [3.63, 3.8) is 0 Å². The van der Waals surface area contributed by atoms with Crippen LogP contribution in [0.15, 0.2) is 206 Å². The van der Waals surface area contributed by atoms with Gasteiger partial charge in [-0.1, -0.05) is 228 Å². The van der Waals surface area contributed by atoms with Crippen molar-refractivity contribution < 1.29 is 0 Å². The van der Waals surface area contributed by atoms with Crippen LogP contribution in [0.3, 0.4) is 0 Å². The summed E-state index contributed by atoms with van der Waals surface area (Å²) in [7, 11) is 0. The number of hydrogen-bond donors (Lipinski definition) is 0. The second-order valence-corrected chi connectivity index (χ2v) is 20.0. The molecule has 0 atom stereocenters. The summed E-state index contributed by atoms with van der Waals surface area (Å²) in [5.41, 5.74) is 17.4. The predicted molar refractivity (Wildman–Crippen MR) is 304 cm³/mol. The fourth-order valence-corrected chi connectivity index (χ4v) is 12.4. The van der Waals surface area contributed by atoms with E-state index in [4.69, 9.17) is 0 Å². The van der Waals surface area contributed by atoms with E-state index in [1.807, 2.05) is 0 Å². The second kappa shape index (κ2) is 20.0. The summed E-state index contributed by atoms with van der Waals surface area (Å²) in [6.45, 7) is 9.75. The minimum absolute atomic E-state index is 0.258. The van der Waals surface area contributed by atoms with E-state index in [1.165, 1.54) is 121 Å². The number of fused-ring (bicyclic) bond motifs is 5. The average Bonchev–Trinajstić information content (AvgIpc) is 3.41. The van der Waals surface area contributed by atoms with Crippen molar-refractivity contribution in [2.45, 2.75) is 90.9 Å². The summed E-state index contributed by atoms with van der Waals surface area (Å²) in [4.78, 5) is 0. The molecule has 0 nitrogen and oxygen atoms in total. The summed E-state index contributed by atoms with van der Waals surface area (Å²) in [5.74, 6) is 0.652. The highest BCUT2D eigenvalue weighted by Crippen LogP contribution is 2.50. The Bertz CT molecular complexity index is 3640. The highest BCUT2D eigenvalue weighted by atomic mass is 14.3. The monoisotopic (exact) mass is 905 g/mol. The molecule has 0 radical (unpaired) electrons. The summed E-state index contributed by atoms with van der Waals surface area (Å²) in [6.07, 6.45) is 7.98. The van der Waals surface area contributed by atoms with Crippen LogP contribution < -0.4 is 0 Å². The van der Waals surface area contributed by atoms with E-state index in [1.54, 1.807) is 0 Å². The molecule has 344 valence electrons. The van der Waals surface area contributed by atoms with Crippen molar-refractivity contribution >= 4 is 53.9 Å². The zero-order valence-corrected chi connectivity index (χ0v) is 41.4. The van der Waals surface area contributed by atoms with Crippen LogP contribution in [0.1, 0.15) is 103 Å². The Labute approximate surface area is 415 Å². The molecule has 0 aliphatic rings. The smallest absolute Gasteiger partial charge is 0.00103 e. The third-order valence-electron chi connectivity index (χ3n) is 15.6. The predicted octanol–water partition coefficient (Wildman–Crippen LogP) is 19.4. The van der Waals surface area contributed by atoms with Gasteiger partial charge >= 0.3 is 0 Å². The van der Waals surface area contributed by atoms with Crippen LogP contribution in [0.5, 0.6) is 0 Å². The molecule has 0 unspecified atom stereocenters. The molecule has 0 heterocycles. The fraction of sp³-hybridized carbons (Fsp3) is 0.200. The van der Waals surface area contributed by atoms with Gasteiger partial charge in [0.1, 0.15) is 0 Å². The molecular weight excluding hydrogens is 841 g/mol. The van der Waals surface area contributed by atoms with E-state index < -0.39 is 0 Å². The minimum Gasteiger partial charge on any atom is -0.0648 e. The Morgan fingerprint density at radius 3 is 1.43 bits per heavy atom. The van der Waals surface area contributed by atoms with E-state index in [9.17, 15) is 0 Å². The van der Waals surface area contributed by atoms with Crippen LogP contribution >= 0.6 is 0 Å². The molecule has 70 heavy (non-hydrogen) atoms. The lowest BCUT2D eigenvalue weighted by Crippen LogP contribution is -2.13. The zero-order valence-electron chi connectivity index (χ0n) is 41.4. The molecule has 0 saturated carbocycles. The van der Waals surface area contributed by atoms with Crippen LogP contribution in [0.25, 0.3) is 76.1 Å². The van der Waals surface area contributed by atoms with Gasteiger partial charge in [0.15, 0.2) is 0 Å². The summed E-state index contributed by atoms with van der Waals surface area (Å²) < 4.78 is 0. The van der Waals surface area contributed by atoms with Gasteiger partial charge in [-0.3, -0.25) is 0 Å². The lowest BCUT2D eigenvalue weighted by molar-refractivity contribution is 0.639. The van der Waals surface area contributed by atoms with Crippen molar-refractivity contribution in [2.24, 2.45) is 0 Å². The molecule has 0 aliphatic carbocycles. The van der Waals surface area contributed by atoms with Crippen LogP contribution in [-0.2, 0) is 32.1 Å². The Balaban J connectivity index is 1.28. The Morgan fingerprint density at radius 2 is 0.843 bits per heavy atom. The Hall–Kier alpha value is -7.28. The van der Waals surface area contributed by atoms with Crippen LogP contribution in [0.4, 0.5) is 0 Å². The summed E-state index contributed by atoms with van der Waals surface area (Å²) in [6, 6.07) is 78.0. The number of benzene rings is 11. The first kappa shape index (κ1) is 45.2. The largest absolute Gasteiger partial charge is 0.0648 e. The van der Waals surface area contributed by atoms with Gasteiger partial charge in [-0.2, -0.15) is 0 Å². The van der Waals surface area contributed by atoms with Gasteiger partial charge in [0, 0.05) is 0 Å². The average molecular weight is 905 g/mol. The Morgan fingerprint density at radius 1 is 0.357 bits per heavy atom. The molecule has 0 heteroatoms. The zero-order chi connectivity index (χ0) is 47.6. The molecular formula is C70H64. The first-order chi connectivity index (χ1) is 34.5. The topological polar surface area (TPSA) is 0 Å². The molecule has 0 N–H and O–H groups in total. The Kier molecular flexibility index (Phi) is 12.9. The number of hydrogen-bond acceptors (Lipinski definition) is 0. The standard InChI is InChI=1S/C70H64/c1-5-48(6-2)68-64(54-23-8-7-9-24-54)46-66-67(47(3)4)70(61-41-22-35-53-28-13-17-40-60(53)61)62(42-21-34-52-31-18-29-49-25-10-14-37-57(49)52)63(44-43-55-33-19-30-50-26-11-15-38-58(50)55)69(66)65(68)45-56-36-20-32-51-27-12-16-39-59(51)56/h7-20,22-33,35-41,46-48H,5-6,21,34,42-45H2,1-4H3. The second-order valence-electron chi connectivity index (χ2n) is 20.0. The molecule has 0 spiro atoms. The molecule has 11 rings (SSSR count). The quantitative estimate of drug-likeness (QED) is 0.0962. The van der Waals surface area contributed by atoms with E-state index in [0.717, 1.165) is 51.4 Å². The van der Waals surface area contributed by atoms with Gasteiger partial charge in [-0.05, 0) is 190 Å². The van der Waals surface area contributed by atoms with E-state index >= 15 is 0 Å². The normalized spacial score (nSPS) is 11.9. The van der Waals surface area contributed by atoms with Crippen molar-refractivity contribution in [3.8, 4) is 22.3 Å². The lowest BCUT2D eigenvalue weighted by Gasteiger charge is -2.31. The van der Waals surface area contributed by atoms with E-state index in [0.29, 0.717) is 5.92 Å². The third kappa shape index (κ3) is 8.49. The van der Waals surface area contributed by atoms with Crippen molar-refractivity contribution in [1.82, 2.24) is 0 Å². The molecule has 0 amide bonds. The molecule has 11 aromatic carbocycles. The summed E-state index contributed by atoms with van der Waals surface area (Å²) >= 11 is 0. The SMILES string of the molecule is CCC(CC)c1c(-c2ccccc2)cc2c(C(C)C)c(-c3cccc4ccccc34)c(CCCc3cccc4ccccc34)c(CCc3cccc4ccccc34)c2c1Cc1cccc2ccccc12. The first-order valence-electron chi connectivity index (χ1n) is 26.1.